The molecule has 0 radical (unpaired) electrons. The molecule has 1 N–H and O–H groups in total. The molecule has 1 fully saturated rings. The Morgan fingerprint density at radius 2 is 1.80 bits per heavy atom. The molecule has 1 heteroatoms. The average Bonchev–Trinajstić information content (AvgIpc) is 2.11. The number of hydrogen-bond donors (Lipinski definition) is 1. The molecule has 60 valence electrons. The summed E-state index contributed by atoms with van der Waals surface area (Å²) >= 11 is 0. The molecule has 10 heavy (non-hydrogen) atoms. The molecule has 1 aliphatic rings. The molecule has 1 nitrogen and oxygen atoms in total. The van der Waals surface area contributed by atoms with Gasteiger partial charge in [-0.15, -0.1) is 0 Å². The standard InChI is InChI=1S/C9H18O/c1-9(2,3)7-5-4-6-8(7)10/h7-8,10H,4-6H2,1-3H3/t7-,8-/m1/s1. The third kappa shape index (κ3) is 1.51. The van der Waals surface area contributed by atoms with Crippen molar-refractivity contribution in [3.05, 3.63) is 0 Å². The van der Waals surface area contributed by atoms with E-state index in [2.05, 4.69) is 20.8 Å². The van der Waals surface area contributed by atoms with E-state index in [1.165, 1.54) is 12.8 Å². The summed E-state index contributed by atoms with van der Waals surface area (Å²) in [5.41, 5.74) is 0.302. The maximum Gasteiger partial charge on any atom is 0.0573 e. The van der Waals surface area contributed by atoms with Gasteiger partial charge in [-0.1, -0.05) is 27.2 Å². The molecule has 0 amide bonds. The molecule has 0 unspecified atom stereocenters. The van der Waals surface area contributed by atoms with Crippen LogP contribution in [-0.2, 0) is 0 Å². The van der Waals surface area contributed by atoms with Gasteiger partial charge in [-0.05, 0) is 24.2 Å². The fraction of sp³-hybridized carbons (Fsp3) is 1.00. The molecule has 0 aromatic rings. The van der Waals surface area contributed by atoms with E-state index in [1.54, 1.807) is 0 Å². The summed E-state index contributed by atoms with van der Waals surface area (Å²) in [6, 6.07) is 0. The molecule has 2 atom stereocenters. The smallest absolute Gasteiger partial charge is 0.0573 e. The highest BCUT2D eigenvalue weighted by Crippen LogP contribution is 2.38. The predicted octanol–water partition coefficient (Wildman–Crippen LogP) is 2.19. The van der Waals surface area contributed by atoms with Crippen LogP contribution in [0.1, 0.15) is 40.0 Å². The van der Waals surface area contributed by atoms with Crippen LogP contribution < -0.4 is 0 Å². The molecule has 0 bridgehead atoms. The quantitative estimate of drug-likeness (QED) is 0.549. The SMILES string of the molecule is CC(C)(C)[C@@H]1CCC[C@H]1O. The normalized spacial score (nSPS) is 34.8. The Morgan fingerprint density at radius 3 is 2.00 bits per heavy atom. The summed E-state index contributed by atoms with van der Waals surface area (Å²) in [5.74, 6) is 0.535. The Labute approximate surface area is 63.4 Å². The van der Waals surface area contributed by atoms with Gasteiger partial charge in [0.1, 0.15) is 0 Å². The Balaban J connectivity index is 2.55. The van der Waals surface area contributed by atoms with Crippen molar-refractivity contribution in [3.63, 3.8) is 0 Å². The lowest BCUT2D eigenvalue weighted by Crippen LogP contribution is -2.27. The molecule has 0 aromatic carbocycles. The van der Waals surface area contributed by atoms with E-state index < -0.39 is 0 Å². The largest absolute Gasteiger partial charge is 0.393 e. The number of aliphatic hydroxyl groups is 1. The Hall–Kier alpha value is -0.0400. The zero-order valence-electron chi connectivity index (χ0n) is 7.22. The van der Waals surface area contributed by atoms with E-state index in [-0.39, 0.29) is 6.10 Å². The van der Waals surface area contributed by atoms with E-state index in [4.69, 9.17) is 0 Å². The van der Waals surface area contributed by atoms with E-state index in [1.807, 2.05) is 0 Å². The molecule has 0 aromatic heterocycles. The van der Waals surface area contributed by atoms with Gasteiger partial charge >= 0.3 is 0 Å². The average molecular weight is 142 g/mol. The molecule has 0 spiro atoms. The fourth-order valence-corrected chi connectivity index (χ4v) is 1.95. The highest BCUT2D eigenvalue weighted by molar-refractivity contribution is 4.85. The summed E-state index contributed by atoms with van der Waals surface area (Å²) < 4.78 is 0. The maximum absolute atomic E-state index is 9.52. The molecule has 0 aliphatic heterocycles. The number of hydrogen-bond acceptors (Lipinski definition) is 1. The number of rotatable bonds is 0. The van der Waals surface area contributed by atoms with E-state index in [0.29, 0.717) is 11.3 Å². The van der Waals surface area contributed by atoms with Crippen molar-refractivity contribution in [2.75, 3.05) is 0 Å². The monoisotopic (exact) mass is 142 g/mol. The van der Waals surface area contributed by atoms with Crippen LogP contribution in [0.5, 0.6) is 0 Å². The molecule has 1 rings (SSSR count). The lowest BCUT2D eigenvalue weighted by molar-refractivity contribution is 0.0684. The first-order valence-corrected chi connectivity index (χ1v) is 4.20. The zero-order chi connectivity index (χ0) is 7.78. The van der Waals surface area contributed by atoms with Crippen LogP contribution in [0.4, 0.5) is 0 Å². The summed E-state index contributed by atoms with van der Waals surface area (Å²) in [7, 11) is 0. The highest BCUT2D eigenvalue weighted by Gasteiger charge is 2.34. The molecular formula is C9H18O. The fourth-order valence-electron chi connectivity index (χ4n) is 1.95. The van der Waals surface area contributed by atoms with Crippen molar-refractivity contribution in [2.24, 2.45) is 11.3 Å². The Bertz CT molecular complexity index is 112. The summed E-state index contributed by atoms with van der Waals surface area (Å²) in [6.07, 6.45) is 3.41. The van der Waals surface area contributed by atoms with Crippen molar-refractivity contribution < 1.29 is 5.11 Å². The topological polar surface area (TPSA) is 20.2 Å². The highest BCUT2D eigenvalue weighted by atomic mass is 16.3. The van der Waals surface area contributed by atoms with Crippen molar-refractivity contribution >= 4 is 0 Å². The van der Waals surface area contributed by atoms with Crippen LogP contribution >= 0.6 is 0 Å². The third-order valence-electron chi connectivity index (χ3n) is 2.59. The van der Waals surface area contributed by atoms with Crippen molar-refractivity contribution in [1.82, 2.24) is 0 Å². The van der Waals surface area contributed by atoms with Gasteiger partial charge in [0.05, 0.1) is 6.10 Å². The van der Waals surface area contributed by atoms with Crippen LogP contribution in [0.3, 0.4) is 0 Å². The lowest BCUT2D eigenvalue weighted by Gasteiger charge is -2.29. The predicted molar refractivity (Wildman–Crippen MR) is 42.8 cm³/mol. The first-order chi connectivity index (χ1) is 4.52. The second-order valence-electron chi connectivity index (χ2n) is 4.47. The Kier molecular flexibility index (Phi) is 2.04. The van der Waals surface area contributed by atoms with Gasteiger partial charge in [0.2, 0.25) is 0 Å². The van der Waals surface area contributed by atoms with Gasteiger partial charge in [0, 0.05) is 0 Å². The van der Waals surface area contributed by atoms with Crippen LogP contribution in [0.15, 0.2) is 0 Å². The minimum atomic E-state index is -0.0278. The van der Waals surface area contributed by atoms with E-state index >= 15 is 0 Å². The second-order valence-corrected chi connectivity index (χ2v) is 4.47. The summed E-state index contributed by atoms with van der Waals surface area (Å²) in [6.45, 7) is 6.64. The van der Waals surface area contributed by atoms with Crippen molar-refractivity contribution in [3.8, 4) is 0 Å². The van der Waals surface area contributed by atoms with E-state index in [9.17, 15) is 5.11 Å². The molecular weight excluding hydrogens is 124 g/mol. The third-order valence-corrected chi connectivity index (χ3v) is 2.59. The van der Waals surface area contributed by atoms with Crippen LogP contribution in [0.2, 0.25) is 0 Å². The van der Waals surface area contributed by atoms with Gasteiger partial charge in [-0.25, -0.2) is 0 Å². The van der Waals surface area contributed by atoms with Crippen LogP contribution in [0, 0.1) is 11.3 Å². The van der Waals surface area contributed by atoms with Crippen molar-refractivity contribution in [1.29, 1.82) is 0 Å². The summed E-state index contributed by atoms with van der Waals surface area (Å²) in [5, 5.41) is 9.52. The van der Waals surface area contributed by atoms with Gasteiger partial charge in [0.25, 0.3) is 0 Å². The molecule has 1 saturated carbocycles. The first-order valence-electron chi connectivity index (χ1n) is 4.20. The van der Waals surface area contributed by atoms with Gasteiger partial charge < -0.3 is 5.11 Å². The molecule has 1 aliphatic carbocycles. The van der Waals surface area contributed by atoms with Gasteiger partial charge in [-0.3, -0.25) is 0 Å². The van der Waals surface area contributed by atoms with Crippen LogP contribution in [-0.4, -0.2) is 11.2 Å². The van der Waals surface area contributed by atoms with Crippen molar-refractivity contribution in [2.45, 2.75) is 46.1 Å². The zero-order valence-corrected chi connectivity index (χ0v) is 7.22. The number of aliphatic hydroxyl groups excluding tert-OH is 1. The first kappa shape index (κ1) is 8.06. The van der Waals surface area contributed by atoms with Gasteiger partial charge in [0.15, 0.2) is 0 Å². The van der Waals surface area contributed by atoms with Crippen LogP contribution in [0.25, 0.3) is 0 Å². The second kappa shape index (κ2) is 2.54. The summed E-state index contributed by atoms with van der Waals surface area (Å²) in [4.78, 5) is 0. The molecule has 0 heterocycles. The minimum absolute atomic E-state index is 0.0278. The van der Waals surface area contributed by atoms with Gasteiger partial charge in [-0.2, -0.15) is 0 Å². The minimum Gasteiger partial charge on any atom is -0.393 e. The molecule has 0 saturated heterocycles. The Morgan fingerprint density at radius 1 is 1.20 bits per heavy atom. The maximum atomic E-state index is 9.52. The van der Waals surface area contributed by atoms with E-state index in [0.717, 1.165) is 6.42 Å². The lowest BCUT2D eigenvalue weighted by atomic mass is 9.79.